The van der Waals surface area contributed by atoms with Crippen LogP contribution in [-0.2, 0) is 9.53 Å². The van der Waals surface area contributed by atoms with Gasteiger partial charge >= 0.3 is 0 Å². The van der Waals surface area contributed by atoms with Gasteiger partial charge in [0.25, 0.3) is 0 Å². The van der Waals surface area contributed by atoms with Crippen molar-refractivity contribution >= 4 is 23.2 Å². The summed E-state index contributed by atoms with van der Waals surface area (Å²) in [7, 11) is 0. The average molecular weight is 323 g/mol. The molecule has 4 nitrogen and oxygen atoms in total. The maximum Gasteiger partial charge on any atom is 0.245 e. The second-order valence-corrected chi connectivity index (χ2v) is 7.46. The molecular weight excluding hydrogens is 300 g/mol. The normalized spacial score (nSPS) is 32.8. The number of hydrogen-bond acceptors (Lipinski definition) is 3. The number of aryl methyl sites for hydroxylation is 1. The van der Waals surface area contributed by atoms with Crippen molar-refractivity contribution in [3.63, 3.8) is 0 Å². The van der Waals surface area contributed by atoms with E-state index in [2.05, 4.69) is 5.32 Å². The van der Waals surface area contributed by atoms with Crippen molar-refractivity contribution in [2.45, 2.75) is 45.3 Å². The number of halogens is 1. The first kappa shape index (κ1) is 15.8. The highest BCUT2D eigenvalue weighted by atomic mass is 35.5. The number of carbonyl (C=O) groups is 1. The molecule has 5 heteroatoms. The zero-order valence-electron chi connectivity index (χ0n) is 13.3. The summed E-state index contributed by atoms with van der Waals surface area (Å²) in [5, 5.41) is 3.57. The van der Waals surface area contributed by atoms with Crippen LogP contribution in [0.5, 0.6) is 0 Å². The molecule has 2 aliphatic rings. The molecule has 1 heterocycles. The Morgan fingerprint density at radius 3 is 2.86 bits per heavy atom. The molecule has 3 atom stereocenters. The molecule has 1 aliphatic carbocycles. The molecule has 1 aromatic carbocycles. The lowest BCUT2D eigenvalue weighted by Gasteiger charge is -2.65. The minimum Gasteiger partial charge on any atom is -0.377 e. The van der Waals surface area contributed by atoms with E-state index in [1.165, 1.54) is 0 Å². The summed E-state index contributed by atoms with van der Waals surface area (Å²) in [6, 6.07) is 5.50. The maximum atomic E-state index is 12.8. The van der Waals surface area contributed by atoms with Crippen LogP contribution >= 0.6 is 11.6 Å². The predicted octanol–water partition coefficient (Wildman–Crippen LogP) is 3.12. The molecule has 0 radical (unpaired) electrons. The van der Waals surface area contributed by atoms with E-state index < -0.39 is 5.54 Å². The Bertz CT molecular complexity index is 617. The molecule has 0 spiro atoms. The summed E-state index contributed by atoms with van der Waals surface area (Å²) in [4.78, 5) is 12.8. The van der Waals surface area contributed by atoms with Crippen LogP contribution in [0.4, 0.5) is 5.69 Å². The molecule has 1 saturated heterocycles. The molecule has 1 aliphatic heterocycles. The fourth-order valence-corrected chi connectivity index (χ4v) is 4.12. The third-order valence-electron chi connectivity index (χ3n) is 5.49. The second-order valence-electron chi connectivity index (χ2n) is 7.05. The van der Waals surface area contributed by atoms with E-state index >= 15 is 0 Å². The van der Waals surface area contributed by atoms with Gasteiger partial charge in [0, 0.05) is 28.6 Å². The lowest BCUT2D eigenvalue weighted by atomic mass is 9.46. The smallest absolute Gasteiger partial charge is 0.245 e. The van der Waals surface area contributed by atoms with E-state index in [1.54, 1.807) is 6.07 Å². The van der Waals surface area contributed by atoms with Crippen molar-refractivity contribution in [1.82, 2.24) is 0 Å². The first-order valence-electron chi connectivity index (χ1n) is 7.76. The fourth-order valence-electron chi connectivity index (χ4n) is 3.94. The number of amides is 1. The highest BCUT2D eigenvalue weighted by molar-refractivity contribution is 6.31. The van der Waals surface area contributed by atoms with Crippen LogP contribution in [0.15, 0.2) is 18.2 Å². The van der Waals surface area contributed by atoms with Crippen LogP contribution in [0, 0.1) is 18.3 Å². The minimum absolute atomic E-state index is 0.0682. The Labute approximate surface area is 136 Å². The van der Waals surface area contributed by atoms with Gasteiger partial charge in [0.15, 0.2) is 0 Å². The molecular formula is C17H23ClN2O2. The lowest BCUT2D eigenvalue weighted by Crippen LogP contribution is -2.81. The van der Waals surface area contributed by atoms with Gasteiger partial charge in [-0.15, -0.1) is 0 Å². The molecule has 3 unspecified atom stereocenters. The van der Waals surface area contributed by atoms with Gasteiger partial charge in [-0.3, -0.25) is 4.79 Å². The number of anilines is 1. The molecule has 1 amide bonds. The number of rotatable bonds is 2. The van der Waals surface area contributed by atoms with Gasteiger partial charge in [-0.25, -0.2) is 0 Å². The van der Waals surface area contributed by atoms with Gasteiger partial charge in [-0.05, 0) is 37.5 Å². The van der Waals surface area contributed by atoms with E-state index in [1.807, 2.05) is 32.9 Å². The molecule has 22 heavy (non-hydrogen) atoms. The van der Waals surface area contributed by atoms with Crippen LogP contribution in [0.1, 0.15) is 32.3 Å². The van der Waals surface area contributed by atoms with Gasteiger partial charge in [-0.1, -0.05) is 31.5 Å². The summed E-state index contributed by atoms with van der Waals surface area (Å²) in [5.74, 6) is -0.0682. The number of ether oxygens (including phenoxy) is 1. The number of benzene rings is 1. The van der Waals surface area contributed by atoms with Gasteiger partial charge in [0.05, 0.1) is 6.10 Å². The van der Waals surface area contributed by atoms with E-state index in [4.69, 9.17) is 22.1 Å². The zero-order valence-corrected chi connectivity index (χ0v) is 14.0. The van der Waals surface area contributed by atoms with Crippen molar-refractivity contribution in [2.24, 2.45) is 17.1 Å². The van der Waals surface area contributed by atoms with E-state index in [0.717, 1.165) is 25.0 Å². The molecule has 1 saturated carbocycles. The standard InChI is InChI=1S/C17H23ClN2O2/c1-10-6-7-11(9-13(10)18)20-15(21)17(19)12-5-4-8-22-14(12)16(17,2)3/h6-7,9,12,14H,4-5,8,19H2,1-3H3,(H,20,21). The molecule has 0 bridgehead atoms. The average Bonchev–Trinajstić information content (AvgIpc) is 2.50. The lowest BCUT2D eigenvalue weighted by molar-refractivity contribution is -0.222. The van der Waals surface area contributed by atoms with Gasteiger partial charge in [0.1, 0.15) is 5.54 Å². The number of nitrogens with two attached hydrogens (primary N) is 1. The highest BCUT2D eigenvalue weighted by Crippen LogP contribution is 2.57. The molecule has 3 rings (SSSR count). The SMILES string of the molecule is Cc1ccc(NC(=O)C2(N)C3CCCOC3C2(C)C)cc1Cl. The van der Waals surface area contributed by atoms with Crippen LogP contribution in [0.2, 0.25) is 5.02 Å². The number of fused-ring (bicyclic) bond motifs is 1. The summed E-state index contributed by atoms with van der Waals surface area (Å²) in [5.41, 5.74) is 6.94. The summed E-state index contributed by atoms with van der Waals surface area (Å²) >= 11 is 6.12. The molecule has 1 aromatic rings. The third-order valence-corrected chi connectivity index (χ3v) is 5.90. The van der Waals surface area contributed by atoms with Crippen molar-refractivity contribution < 1.29 is 9.53 Å². The second kappa shape index (κ2) is 5.22. The maximum absolute atomic E-state index is 12.8. The Morgan fingerprint density at radius 2 is 2.18 bits per heavy atom. The first-order chi connectivity index (χ1) is 10.3. The van der Waals surface area contributed by atoms with Crippen molar-refractivity contribution in [3.05, 3.63) is 28.8 Å². The summed E-state index contributed by atoms with van der Waals surface area (Å²) in [6.07, 6.45) is 1.96. The third kappa shape index (κ3) is 2.08. The van der Waals surface area contributed by atoms with Crippen molar-refractivity contribution in [1.29, 1.82) is 0 Å². The molecule has 120 valence electrons. The summed E-state index contributed by atoms with van der Waals surface area (Å²) < 4.78 is 5.84. The Balaban J connectivity index is 1.83. The molecule has 3 N–H and O–H groups in total. The van der Waals surface area contributed by atoms with Crippen LogP contribution < -0.4 is 11.1 Å². The van der Waals surface area contributed by atoms with Gasteiger partial charge in [0.2, 0.25) is 5.91 Å². The first-order valence-corrected chi connectivity index (χ1v) is 8.14. The van der Waals surface area contributed by atoms with Crippen LogP contribution in [-0.4, -0.2) is 24.2 Å². The topological polar surface area (TPSA) is 64.4 Å². The molecule has 0 aromatic heterocycles. The van der Waals surface area contributed by atoms with E-state index in [0.29, 0.717) is 10.7 Å². The van der Waals surface area contributed by atoms with E-state index in [9.17, 15) is 4.79 Å². The number of carbonyl (C=O) groups excluding carboxylic acids is 1. The van der Waals surface area contributed by atoms with Crippen molar-refractivity contribution in [2.75, 3.05) is 11.9 Å². The van der Waals surface area contributed by atoms with Gasteiger partial charge in [-0.2, -0.15) is 0 Å². The van der Waals surface area contributed by atoms with Crippen LogP contribution in [0.3, 0.4) is 0 Å². The predicted molar refractivity (Wildman–Crippen MR) is 88.0 cm³/mol. The van der Waals surface area contributed by atoms with Crippen LogP contribution in [0.25, 0.3) is 0 Å². The summed E-state index contributed by atoms with van der Waals surface area (Å²) in [6.45, 7) is 6.72. The zero-order chi connectivity index (χ0) is 16.1. The van der Waals surface area contributed by atoms with Gasteiger partial charge < -0.3 is 15.8 Å². The molecule has 2 fully saturated rings. The minimum atomic E-state index is -0.907. The Kier molecular flexibility index (Phi) is 3.75. The quantitative estimate of drug-likeness (QED) is 0.879. The van der Waals surface area contributed by atoms with Crippen molar-refractivity contribution in [3.8, 4) is 0 Å². The van der Waals surface area contributed by atoms with E-state index in [-0.39, 0.29) is 23.3 Å². The fraction of sp³-hybridized carbons (Fsp3) is 0.588. The monoisotopic (exact) mass is 322 g/mol. The Morgan fingerprint density at radius 1 is 1.45 bits per heavy atom. The number of hydrogen-bond donors (Lipinski definition) is 2. The number of nitrogens with one attached hydrogen (secondary N) is 1. The highest BCUT2D eigenvalue weighted by Gasteiger charge is 2.70. The largest absolute Gasteiger partial charge is 0.377 e. The Hall–Kier alpha value is -1.10.